The SMILES string of the molecule is CC1CC(c2cccc(-n3cc(CO)c4cn[nH]c4c3=O)c2)(c2nncn2C)C1. The quantitative estimate of drug-likeness (QED) is 0.555. The smallest absolute Gasteiger partial charge is 0.280 e. The molecule has 1 aliphatic rings. The number of aryl methyl sites for hydroxylation is 1. The van der Waals surface area contributed by atoms with Crippen LogP contribution in [0.15, 0.2) is 47.8 Å². The first-order valence-corrected chi connectivity index (χ1v) is 9.67. The minimum atomic E-state index is -0.206. The van der Waals surface area contributed by atoms with E-state index in [1.807, 2.05) is 29.8 Å². The van der Waals surface area contributed by atoms with Crippen molar-refractivity contribution >= 4 is 10.9 Å². The Bertz CT molecular complexity index is 1260. The molecule has 0 radical (unpaired) electrons. The minimum Gasteiger partial charge on any atom is -0.392 e. The number of nitrogens with one attached hydrogen (secondary N) is 1. The second kappa shape index (κ2) is 6.38. The highest BCUT2D eigenvalue weighted by Crippen LogP contribution is 2.51. The van der Waals surface area contributed by atoms with Crippen LogP contribution >= 0.6 is 0 Å². The molecule has 1 aliphatic carbocycles. The molecular formula is C21H22N6O2. The second-order valence-electron chi connectivity index (χ2n) is 8.06. The normalized spacial score (nSPS) is 21.4. The number of aromatic nitrogens is 6. The van der Waals surface area contributed by atoms with Gasteiger partial charge in [0, 0.05) is 29.9 Å². The van der Waals surface area contributed by atoms with Gasteiger partial charge in [0.2, 0.25) is 0 Å². The predicted molar refractivity (Wildman–Crippen MR) is 108 cm³/mol. The van der Waals surface area contributed by atoms with E-state index in [4.69, 9.17) is 0 Å². The molecule has 1 aromatic carbocycles. The molecule has 0 aliphatic heterocycles. The van der Waals surface area contributed by atoms with Crippen LogP contribution in [0.1, 0.15) is 36.7 Å². The summed E-state index contributed by atoms with van der Waals surface area (Å²) in [6, 6.07) is 8.01. The van der Waals surface area contributed by atoms with Crippen molar-refractivity contribution < 1.29 is 5.11 Å². The summed E-state index contributed by atoms with van der Waals surface area (Å²) in [7, 11) is 1.97. The molecule has 8 nitrogen and oxygen atoms in total. The van der Waals surface area contributed by atoms with Crippen molar-refractivity contribution in [3.8, 4) is 5.69 Å². The van der Waals surface area contributed by atoms with Gasteiger partial charge in [-0.3, -0.25) is 14.5 Å². The maximum Gasteiger partial charge on any atom is 0.280 e. The average Bonchev–Trinajstić information content (AvgIpc) is 3.36. The van der Waals surface area contributed by atoms with E-state index < -0.39 is 0 Å². The number of aliphatic hydroxyl groups excluding tert-OH is 1. The van der Waals surface area contributed by atoms with Crippen LogP contribution in [-0.2, 0) is 19.1 Å². The fourth-order valence-corrected chi connectivity index (χ4v) is 4.76. The zero-order valence-corrected chi connectivity index (χ0v) is 16.3. The fourth-order valence-electron chi connectivity index (χ4n) is 4.76. The Hall–Kier alpha value is -3.26. The van der Waals surface area contributed by atoms with E-state index in [0.717, 1.165) is 29.9 Å². The van der Waals surface area contributed by atoms with Crippen molar-refractivity contribution in [1.29, 1.82) is 0 Å². The number of rotatable bonds is 4. The number of pyridine rings is 1. The van der Waals surface area contributed by atoms with Crippen LogP contribution < -0.4 is 5.56 Å². The van der Waals surface area contributed by atoms with Crippen molar-refractivity contribution in [2.24, 2.45) is 13.0 Å². The molecule has 4 aromatic rings. The zero-order valence-electron chi connectivity index (χ0n) is 16.3. The van der Waals surface area contributed by atoms with Crippen LogP contribution in [0.2, 0.25) is 0 Å². The van der Waals surface area contributed by atoms with E-state index in [2.05, 4.69) is 33.4 Å². The van der Waals surface area contributed by atoms with E-state index >= 15 is 0 Å². The molecule has 8 heteroatoms. The fraction of sp³-hybridized carbons (Fsp3) is 0.333. The molecular weight excluding hydrogens is 368 g/mol. The number of aromatic amines is 1. The Morgan fingerprint density at radius 3 is 2.86 bits per heavy atom. The lowest BCUT2D eigenvalue weighted by molar-refractivity contribution is 0.185. The van der Waals surface area contributed by atoms with Crippen LogP contribution in [0.5, 0.6) is 0 Å². The van der Waals surface area contributed by atoms with Gasteiger partial charge >= 0.3 is 0 Å². The van der Waals surface area contributed by atoms with Crippen molar-refractivity contribution in [1.82, 2.24) is 29.5 Å². The third kappa shape index (κ3) is 2.56. The monoisotopic (exact) mass is 390 g/mol. The molecule has 3 aromatic heterocycles. The Morgan fingerprint density at radius 1 is 1.34 bits per heavy atom. The van der Waals surface area contributed by atoms with Crippen molar-refractivity contribution in [3.05, 3.63) is 70.3 Å². The largest absolute Gasteiger partial charge is 0.392 e. The molecule has 5 rings (SSSR count). The Kier molecular flexibility index (Phi) is 3.92. The maximum atomic E-state index is 13.0. The third-order valence-corrected chi connectivity index (χ3v) is 6.08. The molecule has 1 fully saturated rings. The van der Waals surface area contributed by atoms with E-state index in [1.165, 1.54) is 0 Å². The van der Waals surface area contributed by atoms with Gasteiger partial charge in [-0.25, -0.2) is 0 Å². The zero-order chi connectivity index (χ0) is 20.2. The number of aliphatic hydroxyl groups is 1. The number of H-pyrrole nitrogens is 1. The highest BCUT2D eigenvalue weighted by Gasteiger charge is 2.48. The summed E-state index contributed by atoms with van der Waals surface area (Å²) in [4.78, 5) is 13.0. The van der Waals surface area contributed by atoms with Crippen LogP contribution in [-0.4, -0.2) is 34.6 Å². The summed E-state index contributed by atoms with van der Waals surface area (Å²) >= 11 is 0. The van der Waals surface area contributed by atoms with Crippen LogP contribution in [0.3, 0.4) is 0 Å². The molecule has 2 N–H and O–H groups in total. The maximum absolute atomic E-state index is 13.0. The number of benzene rings is 1. The first-order chi connectivity index (χ1) is 14.0. The summed E-state index contributed by atoms with van der Waals surface area (Å²) in [5, 5.41) is 25.6. The van der Waals surface area contributed by atoms with Gasteiger partial charge in [0.25, 0.3) is 5.56 Å². The summed E-state index contributed by atoms with van der Waals surface area (Å²) in [6.45, 7) is 2.07. The van der Waals surface area contributed by atoms with E-state index in [9.17, 15) is 9.90 Å². The van der Waals surface area contributed by atoms with Crippen molar-refractivity contribution in [2.45, 2.75) is 31.8 Å². The molecule has 3 heterocycles. The lowest BCUT2D eigenvalue weighted by Gasteiger charge is -2.46. The van der Waals surface area contributed by atoms with Gasteiger partial charge in [-0.2, -0.15) is 5.10 Å². The lowest BCUT2D eigenvalue weighted by atomic mass is 9.58. The van der Waals surface area contributed by atoms with Crippen molar-refractivity contribution in [3.63, 3.8) is 0 Å². The molecule has 0 amide bonds. The minimum absolute atomic E-state index is 0.170. The molecule has 0 spiro atoms. The molecule has 148 valence electrons. The van der Waals surface area contributed by atoms with Gasteiger partial charge in [-0.1, -0.05) is 19.1 Å². The number of hydrogen-bond donors (Lipinski definition) is 2. The van der Waals surface area contributed by atoms with E-state index in [1.54, 1.807) is 23.3 Å². The molecule has 0 saturated heterocycles. The molecule has 0 atom stereocenters. The molecule has 29 heavy (non-hydrogen) atoms. The van der Waals surface area contributed by atoms with Gasteiger partial charge in [0.1, 0.15) is 17.7 Å². The first-order valence-electron chi connectivity index (χ1n) is 9.67. The Balaban J connectivity index is 1.68. The van der Waals surface area contributed by atoms with E-state index in [0.29, 0.717) is 22.4 Å². The Morgan fingerprint density at radius 2 is 2.17 bits per heavy atom. The van der Waals surface area contributed by atoms with Crippen LogP contribution in [0, 0.1) is 5.92 Å². The third-order valence-electron chi connectivity index (χ3n) is 6.08. The van der Waals surface area contributed by atoms with Crippen LogP contribution in [0.25, 0.3) is 16.6 Å². The van der Waals surface area contributed by atoms with Gasteiger partial charge < -0.3 is 9.67 Å². The van der Waals surface area contributed by atoms with Crippen molar-refractivity contribution in [2.75, 3.05) is 0 Å². The van der Waals surface area contributed by atoms with Crippen LogP contribution in [0.4, 0.5) is 0 Å². The van der Waals surface area contributed by atoms with Gasteiger partial charge in [-0.15, -0.1) is 10.2 Å². The summed E-state index contributed by atoms with van der Waals surface area (Å²) in [6.07, 6.45) is 6.96. The standard InChI is InChI=1S/C21H22N6O2/c1-13-7-21(8-13,20-25-23-12-26(20)2)15-4-3-5-16(6-15)27-10-14(11-28)17-9-22-24-18(17)19(27)29/h3-6,9-10,12-13,28H,7-8,11H2,1-2H3,(H,22,24). The summed E-state index contributed by atoms with van der Waals surface area (Å²) < 4.78 is 3.55. The number of fused-ring (bicyclic) bond motifs is 1. The Labute approximate surface area is 166 Å². The number of nitrogens with zero attached hydrogens (tertiary/aromatic N) is 5. The molecule has 0 bridgehead atoms. The first kappa shape index (κ1) is 17.8. The molecule has 0 unspecified atom stereocenters. The number of hydrogen-bond acceptors (Lipinski definition) is 5. The van der Waals surface area contributed by atoms with Gasteiger partial charge in [-0.05, 0) is 36.5 Å². The lowest BCUT2D eigenvalue weighted by Crippen LogP contribution is -2.43. The van der Waals surface area contributed by atoms with Gasteiger partial charge in [0.15, 0.2) is 0 Å². The highest BCUT2D eigenvalue weighted by molar-refractivity contribution is 5.80. The van der Waals surface area contributed by atoms with E-state index in [-0.39, 0.29) is 17.6 Å². The molecule has 1 saturated carbocycles. The summed E-state index contributed by atoms with van der Waals surface area (Å²) in [5.41, 5.74) is 2.51. The average molecular weight is 390 g/mol. The highest BCUT2D eigenvalue weighted by atomic mass is 16.3. The van der Waals surface area contributed by atoms with Gasteiger partial charge in [0.05, 0.1) is 18.2 Å². The topological polar surface area (TPSA) is 102 Å². The predicted octanol–water partition coefficient (Wildman–Crippen LogP) is 2.05. The summed E-state index contributed by atoms with van der Waals surface area (Å²) in [5.74, 6) is 1.54. The second-order valence-corrected chi connectivity index (χ2v) is 8.06.